The molecule has 25 heavy (non-hydrogen) atoms. The summed E-state index contributed by atoms with van der Waals surface area (Å²) in [7, 11) is 1.99. The van der Waals surface area contributed by atoms with Crippen molar-refractivity contribution in [1.82, 2.24) is 25.2 Å². The van der Waals surface area contributed by atoms with Crippen LogP contribution >= 0.6 is 0 Å². The largest absolute Gasteiger partial charge is 0.353 e. The normalized spacial score (nSPS) is 27.0. The minimum atomic E-state index is -0.955. The first-order valence-corrected chi connectivity index (χ1v) is 8.67. The fraction of sp³-hybridized carbons (Fsp3) is 0.588. The molecule has 3 heterocycles. The molecule has 2 saturated heterocycles. The second-order valence-corrected chi connectivity index (χ2v) is 6.96. The van der Waals surface area contributed by atoms with Gasteiger partial charge in [-0.15, -0.1) is 0 Å². The molecule has 2 fully saturated rings. The van der Waals surface area contributed by atoms with Crippen LogP contribution in [0.4, 0.5) is 4.79 Å². The van der Waals surface area contributed by atoms with Gasteiger partial charge in [0.2, 0.25) is 0 Å². The lowest BCUT2D eigenvalue weighted by molar-refractivity contribution is -0.139. The van der Waals surface area contributed by atoms with Crippen molar-refractivity contribution in [1.29, 1.82) is 0 Å². The molecular weight excluding hydrogens is 322 g/mol. The van der Waals surface area contributed by atoms with Crippen molar-refractivity contribution < 1.29 is 14.4 Å². The maximum absolute atomic E-state index is 12.4. The molecule has 0 unspecified atom stereocenters. The average Bonchev–Trinajstić information content (AvgIpc) is 3.24. The predicted molar refractivity (Wildman–Crippen MR) is 91.2 cm³/mol. The maximum atomic E-state index is 12.4. The summed E-state index contributed by atoms with van der Waals surface area (Å²) in [6, 6.07) is 3.65. The lowest BCUT2D eigenvalue weighted by atomic mass is 10.00. The fourth-order valence-electron chi connectivity index (χ4n) is 3.54. The molecule has 0 spiro atoms. The Morgan fingerprint density at radius 3 is 2.80 bits per heavy atom. The molecule has 0 bridgehead atoms. The molecule has 0 aromatic carbocycles. The standard InChI is InChI=1S/C17H25N5O3/c1-4-17(2)15(24)22(16(25)18-17)19-14(23)11-21-10-6-8-13(21)12-7-5-9-20(12)3/h5,7,9,13H,4,6,8,10-11H2,1-3H3,(H,18,25)(H,19,23)/t13-,17+/m1/s1. The number of hydrogen-bond donors (Lipinski definition) is 2. The number of hydrazine groups is 1. The van der Waals surface area contributed by atoms with Crippen LogP contribution in [0.2, 0.25) is 0 Å². The highest BCUT2D eigenvalue weighted by molar-refractivity contribution is 6.07. The molecule has 0 aliphatic carbocycles. The summed E-state index contributed by atoms with van der Waals surface area (Å²) < 4.78 is 2.06. The van der Waals surface area contributed by atoms with E-state index in [1.807, 2.05) is 26.2 Å². The van der Waals surface area contributed by atoms with E-state index in [1.54, 1.807) is 6.92 Å². The minimum absolute atomic E-state index is 0.149. The smallest absolute Gasteiger partial charge is 0.344 e. The van der Waals surface area contributed by atoms with Crippen molar-refractivity contribution in [2.45, 2.75) is 44.7 Å². The molecule has 2 N–H and O–H groups in total. The zero-order valence-corrected chi connectivity index (χ0v) is 14.9. The second kappa shape index (κ2) is 6.51. The summed E-state index contributed by atoms with van der Waals surface area (Å²) in [5.74, 6) is -0.779. The number of carbonyl (C=O) groups is 3. The van der Waals surface area contributed by atoms with E-state index in [1.165, 1.54) is 5.69 Å². The van der Waals surface area contributed by atoms with Gasteiger partial charge in [0.25, 0.3) is 11.8 Å². The van der Waals surface area contributed by atoms with Crippen LogP contribution in [0.1, 0.15) is 44.8 Å². The highest BCUT2D eigenvalue weighted by Gasteiger charge is 2.47. The molecule has 0 saturated carbocycles. The molecule has 8 nitrogen and oxygen atoms in total. The Balaban J connectivity index is 1.64. The van der Waals surface area contributed by atoms with E-state index >= 15 is 0 Å². The van der Waals surface area contributed by atoms with E-state index in [0.29, 0.717) is 6.42 Å². The van der Waals surface area contributed by atoms with Crippen molar-refractivity contribution >= 4 is 17.8 Å². The van der Waals surface area contributed by atoms with Gasteiger partial charge >= 0.3 is 6.03 Å². The van der Waals surface area contributed by atoms with E-state index < -0.39 is 17.5 Å². The zero-order chi connectivity index (χ0) is 18.2. The van der Waals surface area contributed by atoms with Crippen LogP contribution in [-0.2, 0) is 16.6 Å². The van der Waals surface area contributed by atoms with Gasteiger partial charge in [0.1, 0.15) is 5.54 Å². The minimum Gasteiger partial charge on any atom is -0.353 e. The number of imide groups is 1. The van der Waals surface area contributed by atoms with Crippen LogP contribution in [0.25, 0.3) is 0 Å². The van der Waals surface area contributed by atoms with Crippen molar-refractivity contribution in [2.24, 2.45) is 7.05 Å². The lowest BCUT2D eigenvalue weighted by Gasteiger charge is -2.25. The van der Waals surface area contributed by atoms with Gasteiger partial charge in [-0.05, 0) is 44.9 Å². The Morgan fingerprint density at radius 2 is 2.20 bits per heavy atom. The van der Waals surface area contributed by atoms with Gasteiger partial charge in [-0.2, -0.15) is 5.01 Å². The molecule has 136 valence electrons. The third-order valence-corrected chi connectivity index (χ3v) is 5.24. The van der Waals surface area contributed by atoms with Gasteiger partial charge in [0.15, 0.2) is 0 Å². The number of hydrogen-bond acceptors (Lipinski definition) is 4. The number of likely N-dealkylation sites (tertiary alicyclic amines) is 1. The van der Waals surface area contributed by atoms with Crippen LogP contribution in [0.3, 0.4) is 0 Å². The Kier molecular flexibility index (Phi) is 4.55. The van der Waals surface area contributed by atoms with Crippen LogP contribution < -0.4 is 10.7 Å². The van der Waals surface area contributed by atoms with Crippen molar-refractivity contribution in [3.05, 3.63) is 24.0 Å². The molecule has 1 aromatic rings. The van der Waals surface area contributed by atoms with Gasteiger partial charge in [-0.3, -0.25) is 19.9 Å². The molecule has 4 amide bonds. The number of nitrogens with one attached hydrogen (secondary N) is 2. The first kappa shape index (κ1) is 17.5. The predicted octanol–water partition coefficient (Wildman–Crippen LogP) is 0.914. The molecule has 1 aromatic heterocycles. The molecular formula is C17H25N5O3. The van der Waals surface area contributed by atoms with Crippen LogP contribution in [0.15, 0.2) is 18.3 Å². The van der Waals surface area contributed by atoms with Crippen molar-refractivity contribution in [3.8, 4) is 0 Å². The average molecular weight is 347 g/mol. The van der Waals surface area contributed by atoms with Gasteiger partial charge in [0.05, 0.1) is 12.6 Å². The molecule has 3 rings (SSSR count). The van der Waals surface area contributed by atoms with Gasteiger partial charge in [-0.25, -0.2) is 4.79 Å². The first-order valence-electron chi connectivity index (χ1n) is 8.67. The summed E-state index contributed by atoms with van der Waals surface area (Å²) >= 11 is 0. The SMILES string of the molecule is CC[C@]1(C)NC(=O)N(NC(=O)CN2CCC[C@@H]2c2cccn2C)C1=O. The summed E-state index contributed by atoms with van der Waals surface area (Å²) in [4.78, 5) is 38.8. The van der Waals surface area contributed by atoms with E-state index in [-0.39, 0.29) is 18.5 Å². The Hall–Kier alpha value is -2.35. The fourth-order valence-corrected chi connectivity index (χ4v) is 3.54. The Morgan fingerprint density at radius 1 is 1.44 bits per heavy atom. The number of nitrogens with zero attached hydrogens (tertiary/aromatic N) is 3. The lowest BCUT2D eigenvalue weighted by Crippen LogP contribution is -2.51. The Bertz CT molecular complexity index is 700. The van der Waals surface area contributed by atoms with Crippen LogP contribution in [0, 0.1) is 0 Å². The molecule has 2 aliphatic heterocycles. The number of carbonyl (C=O) groups excluding carboxylic acids is 3. The monoisotopic (exact) mass is 347 g/mol. The summed E-state index contributed by atoms with van der Waals surface area (Å²) in [5.41, 5.74) is 2.67. The molecule has 2 aliphatic rings. The number of rotatable bonds is 5. The highest BCUT2D eigenvalue weighted by atomic mass is 16.2. The summed E-state index contributed by atoms with van der Waals surface area (Å²) in [6.07, 6.45) is 4.46. The number of amides is 4. The first-order chi connectivity index (χ1) is 11.9. The van der Waals surface area contributed by atoms with E-state index in [9.17, 15) is 14.4 Å². The quantitative estimate of drug-likeness (QED) is 0.775. The maximum Gasteiger partial charge on any atom is 0.344 e. The summed E-state index contributed by atoms with van der Waals surface area (Å²) in [6.45, 7) is 4.44. The van der Waals surface area contributed by atoms with Crippen LogP contribution in [-0.4, -0.2) is 50.9 Å². The second-order valence-electron chi connectivity index (χ2n) is 6.96. The summed E-state index contributed by atoms with van der Waals surface area (Å²) in [5, 5.41) is 3.43. The zero-order valence-electron chi connectivity index (χ0n) is 14.9. The van der Waals surface area contributed by atoms with Gasteiger partial charge in [-0.1, -0.05) is 6.92 Å². The topological polar surface area (TPSA) is 86.7 Å². The molecule has 0 radical (unpaired) electrons. The van der Waals surface area contributed by atoms with E-state index in [0.717, 1.165) is 24.4 Å². The number of urea groups is 1. The van der Waals surface area contributed by atoms with E-state index in [4.69, 9.17) is 0 Å². The molecule has 2 atom stereocenters. The number of aromatic nitrogens is 1. The molecule has 8 heteroatoms. The third-order valence-electron chi connectivity index (χ3n) is 5.24. The van der Waals surface area contributed by atoms with Gasteiger partial charge < -0.3 is 9.88 Å². The van der Waals surface area contributed by atoms with Crippen LogP contribution in [0.5, 0.6) is 0 Å². The van der Waals surface area contributed by atoms with Gasteiger partial charge in [0, 0.05) is 18.9 Å². The van der Waals surface area contributed by atoms with E-state index in [2.05, 4.69) is 26.3 Å². The van der Waals surface area contributed by atoms with Crippen molar-refractivity contribution in [3.63, 3.8) is 0 Å². The third kappa shape index (κ3) is 3.13. The highest BCUT2D eigenvalue weighted by Crippen LogP contribution is 2.31. The number of aryl methyl sites for hydroxylation is 1. The Labute approximate surface area is 147 Å². The van der Waals surface area contributed by atoms with Crippen molar-refractivity contribution in [2.75, 3.05) is 13.1 Å².